The van der Waals surface area contributed by atoms with Crippen molar-refractivity contribution < 1.29 is 9.59 Å². The highest BCUT2D eigenvalue weighted by Gasteiger charge is 2.42. The monoisotopic (exact) mass is 360 g/mol. The van der Waals surface area contributed by atoms with E-state index in [1.165, 1.54) is 0 Å². The first-order valence-electron chi connectivity index (χ1n) is 9.66. The van der Waals surface area contributed by atoms with Gasteiger partial charge in [-0.15, -0.1) is 0 Å². The summed E-state index contributed by atoms with van der Waals surface area (Å²) >= 11 is 0. The number of hydrogen-bond acceptors (Lipinski definition) is 4. The summed E-state index contributed by atoms with van der Waals surface area (Å²) in [5.74, 6) is 0.811. The van der Waals surface area contributed by atoms with E-state index < -0.39 is 5.41 Å². The van der Waals surface area contributed by atoms with Gasteiger partial charge in [-0.25, -0.2) is 4.98 Å². The number of carbonyl (C=O) groups is 2. The second-order valence-corrected chi connectivity index (χ2v) is 7.38. The van der Waals surface area contributed by atoms with Crippen LogP contribution in [-0.4, -0.2) is 65.9 Å². The van der Waals surface area contributed by atoms with Gasteiger partial charge >= 0.3 is 0 Å². The van der Waals surface area contributed by atoms with Crippen molar-refractivity contribution in [3.05, 3.63) is 24.4 Å². The lowest BCUT2D eigenvalue weighted by molar-refractivity contribution is -0.154. The molecular weight excluding hydrogens is 328 g/mol. The summed E-state index contributed by atoms with van der Waals surface area (Å²) in [5, 5.41) is 0. The third-order valence-corrected chi connectivity index (χ3v) is 4.88. The van der Waals surface area contributed by atoms with E-state index in [-0.39, 0.29) is 11.8 Å². The first kappa shape index (κ1) is 20.2. The van der Waals surface area contributed by atoms with E-state index in [0.29, 0.717) is 26.2 Å². The molecule has 1 saturated heterocycles. The number of hydrogen-bond donors (Lipinski definition) is 0. The molecule has 0 aliphatic carbocycles. The van der Waals surface area contributed by atoms with Gasteiger partial charge in [0.05, 0.1) is 0 Å². The van der Waals surface area contributed by atoms with Crippen LogP contribution in [0.3, 0.4) is 0 Å². The molecule has 0 N–H and O–H groups in total. The molecule has 1 fully saturated rings. The zero-order valence-electron chi connectivity index (χ0n) is 16.6. The summed E-state index contributed by atoms with van der Waals surface area (Å²) in [5.41, 5.74) is -1.02. The molecule has 2 heterocycles. The normalized spacial score (nSPS) is 15.1. The Kier molecular flexibility index (Phi) is 7.00. The zero-order chi connectivity index (χ0) is 19.2. The standard InChI is InChI=1S/C20H32N4O2/c1-5-11-23(12-6-2)18(25)20(3,4)19(26)24-15-13-22(14-16-24)17-9-7-8-10-21-17/h7-10H,5-6,11-16H2,1-4H3. The van der Waals surface area contributed by atoms with Gasteiger partial charge in [0.2, 0.25) is 11.8 Å². The third kappa shape index (κ3) is 4.54. The van der Waals surface area contributed by atoms with Crippen LogP contribution < -0.4 is 4.90 Å². The van der Waals surface area contributed by atoms with E-state index in [0.717, 1.165) is 31.7 Å². The van der Waals surface area contributed by atoms with Crippen LogP contribution in [0.15, 0.2) is 24.4 Å². The maximum Gasteiger partial charge on any atom is 0.237 e. The fraction of sp³-hybridized carbons (Fsp3) is 0.650. The Balaban J connectivity index is 2.00. The predicted octanol–water partition coefficient (Wildman–Crippen LogP) is 2.41. The molecule has 0 unspecified atom stereocenters. The first-order valence-corrected chi connectivity index (χ1v) is 9.66. The van der Waals surface area contributed by atoms with Gasteiger partial charge in [-0.2, -0.15) is 0 Å². The zero-order valence-corrected chi connectivity index (χ0v) is 16.6. The Morgan fingerprint density at radius 1 is 1.08 bits per heavy atom. The van der Waals surface area contributed by atoms with Gasteiger partial charge in [-0.1, -0.05) is 19.9 Å². The highest BCUT2D eigenvalue weighted by Crippen LogP contribution is 2.24. The van der Waals surface area contributed by atoms with Crippen molar-refractivity contribution in [1.82, 2.24) is 14.8 Å². The van der Waals surface area contributed by atoms with Gasteiger partial charge in [-0.3, -0.25) is 9.59 Å². The predicted molar refractivity (Wildman–Crippen MR) is 104 cm³/mol. The molecule has 2 rings (SSSR count). The van der Waals surface area contributed by atoms with Crippen LogP contribution in [0.5, 0.6) is 0 Å². The van der Waals surface area contributed by atoms with Gasteiger partial charge in [-0.05, 0) is 38.8 Å². The Bertz CT molecular complexity index is 589. The first-order chi connectivity index (χ1) is 12.4. The number of piperazine rings is 1. The third-order valence-electron chi connectivity index (χ3n) is 4.88. The maximum atomic E-state index is 13.1. The molecular formula is C20H32N4O2. The average molecular weight is 361 g/mol. The lowest BCUT2D eigenvalue weighted by Gasteiger charge is -2.39. The minimum Gasteiger partial charge on any atom is -0.353 e. The van der Waals surface area contributed by atoms with E-state index in [1.807, 2.05) is 28.0 Å². The van der Waals surface area contributed by atoms with Gasteiger partial charge in [0, 0.05) is 45.5 Å². The minimum atomic E-state index is -1.02. The number of carbonyl (C=O) groups excluding carboxylic acids is 2. The van der Waals surface area contributed by atoms with Crippen molar-refractivity contribution in [3.8, 4) is 0 Å². The smallest absolute Gasteiger partial charge is 0.237 e. The number of rotatable bonds is 7. The molecule has 6 heteroatoms. The molecule has 1 aromatic rings. The van der Waals surface area contributed by atoms with Crippen LogP contribution in [0, 0.1) is 5.41 Å². The summed E-state index contributed by atoms with van der Waals surface area (Å²) in [7, 11) is 0. The van der Waals surface area contributed by atoms with Crippen molar-refractivity contribution in [1.29, 1.82) is 0 Å². The summed E-state index contributed by atoms with van der Waals surface area (Å²) < 4.78 is 0. The molecule has 1 aromatic heterocycles. The Hall–Kier alpha value is -2.11. The maximum absolute atomic E-state index is 13.1. The van der Waals surface area contributed by atoms with Crippen molar-refractivity contribution in [2.45, 2.75) is 40.5 Å². The molecule has 0 aromatic carbocycles. The number of pyridine rings is 1. The van der Waals surface area contributed by atoms with Gasteiger partial charge < -0.3 is 14.7 Å². The Morgan fingerprint density at radius 3 is 2.19 bits per heavy atom. The molecule has 0 bridgehead atoms. The summed E-state index contributed by atoms with van der Waals surface area (Å²) in [6, 6.07) is 5.85. The fourth-order valence-corrected chi connectivity index (χ4v) is 3.42. The van der Waals surface area contributed by atoms with Crippen LogP contribution in [0.1, 0.15) is 40.5 Å². The second kappa shape index (κ2) is 9.01. The van der Waals surface area contributed by atoms with E-state index in [4.69, 9.17) is 0 Å². The molecule has 0 spiro atoms. The van der Waals surface area contributed by atoms with Crippen molar-refractivity contribution in [2.24, 2.45) is 5.41 Å². The number of aromatic nitrogens is 1. The Morgan fingerprint density at radius 2 is 1.69 bits per heavy atom. The highest BCUT2D eigenvalue weighted by molar-refractivity contribution is 6.04. The van der Waals surface area contributed by atoms with Crippen LogP contribution in [0.25, 0.3) is 0 Å². The quantitative estimate of drug-likeness (QED) is 0.701. The van der Waals surface area contributed by atoms with Crippen LogP contribution in [0.2, 0.25) is 0 Å². The molecule has 0 atom stereocenters. The van der Waals surface area contributed by atoms with Crippen LogP contribution >= 0.6 is 0 Å². The summed E-state index contributed by atoms with van der Waals surface area (Å²) in [6.07, 6.45) is 3.59. The lowest BCUT2D eigenvalue weighted by Crippen LogP contribution is -2.56. The molecule has 144 valence electrons. The van der Waals surface area contributed by atoms with Crippen molar-refractivity contribution in [2.75, 3.05) is 44.2 Å². The number of amides is 2. The second-order valence-electron chi connectivity index (χ2n) is 7.38. The molecule has 26 heavy (non-hydrogen) atoms. The summed E-state index contributed by atoms with van der Waals surface area (Å²) in [6.45, 7) is 11.8. The van der Waals surface area contributed by atoms with E-state index in [2.05, 4.69) is 23.7 Å². The van der Waals surface area contributed by atoms with Gasteiger partial charge in [0.1, 0.15) is 11.2 Å². The van der Waals surface area contributed by atoms with E-state index in [1.54, 1.807) is 20.0 Å². The van der Waals surface area contributed by atoms with E-state index in [9.17, 15) is 9.59 Å². The number of anilines is 1. The largest absolute Gasteiger partial charge is 0.353 e. The highest BCUT2D eigenvalue weighted by atomic mass is 16.2. The molecule has 6 nitrogen and oxygen atoms in total. The van der Waals surface area contributed by atoms with Gasteiger partial charge in [0.25, 0.3) is 0 Å². The Labute approximate surface area is 157 Å². The van der Waals surface area contributed by atoms with Crippen molar-refractivity contribution in [3.63, 3.8) is 0 Å². The SMILES string of the molecule is CCCN(CCC)C(=O)C(C)(C)C(=O)N1CCN(c2ccccn2)CC1. The molecule has 1 aliphatic heterocycles. The molecule has 1 aliphatic rings. The topological polar surface area (TPSA) is 56.8 Å². The molecule has 0 saturated carbocycles. The number of nitrogens with zero attached hydrogens (tertiary/aromatic N) is 4. The van der Waals surface area contributed by atoms with Crippen LogP contribution in [0.4, 0.5) is 5.82 Å². The average Bonchev–Trinajstić information content (AvgIpc) is 2.67. The lowest BCUT2D eigenvalue weighted by atomic mass is 9.89. The van der Waals surface area contributed by atoms with Gasteiger partial charge in [0.15, 0.2) is 0 Å². The molecule has 0 radical (unpaired) electrons. The van der Waals surface area contributed by atoms with E-state index >= 15 is 0 Å². The molecule has 2 amide bonds. The summed E-state index contributed by atoms with van der Waals surface area (Å²) in [4.78, 5) is 36.3. The minimum absolute atomic E-state index is 0.0571. The van der Waals surface area contributed by atoms with Crippen molar-refractivity contribution >= 4 is 17.6 Å². The fourth-order valence-electron chi connectivity index (χ4n) is 3.42. The van der Waals surface area contributed by atoms with Crippen LogP contribution in [-0.2, 0) is 9.59 Å².